The fraction of sp³-hybridized carbons (Fsp3) is 0.714. The molecule has 3 atom stereocenters. The molecule has 2 fully saturated rings. The van der Waals surface area contributed by atoms with Gasteiger partial charge in [0.1, 0.15) is 10.7 Å². The number of rotatable bonds is 4. The van der Waals surface area contributed by atoms with Gasteiger partial charge in [-0.25, -0.2) is 4.98 Å². The molecule has 2 heterocycles. The molecule has 3 rings (SSSR count). The van der Waals surface area contributed by atoms with E-state index in [-0.39, 0.29) is 11.9 Å². The largest absolute Gasteiger partial charge is 0.382 e. The zero-order valence-corrected chi connectivity index (χ0v) is 13.2. The highest BCUT2D eigenvalue weighted by atomic mass is 32.1. The SMILES string of the molecule is CCC1CC1NC(=O)c1sc(N2CCCC(N)C2)nc1N. The molecular formula is C14H23N5OS. The van der Waals surface area contributed by atoms with Crippen molar-refractivity contribution in [2.75, 3.05) is 23.7 Å². The van der Waals surface area contributed by atoms with Crippen LogP contribution in [0, 0.1) is 5.92 Å². The predicted octanol–water partition coefficient (Wildman–Crippen LogP) is 1.18. The van der Waals surface area contributed by atoms with Gasteiger partial charge >= 0.3 is 0 Å². The van der Waals surface area contributed by atoms with Gasteiger partial charge in [0.2, 0.25) is 0 Å². The number of nitrogens with two attached hydrogens (primary N) is 2. The zero-order valence-electron chi connectivity index (χ0n) is 12.3. The fourth-order valence-corrected chi connectivity index (χ4v) is 3.83. The van der Waals surface area contributed by atoms with E-state index in [0.29, 0.717) is 22.7 Å². The van der Waals surface area contributed by atoms with Gasteiger partial charge in [-0.3, -0.25) is 4.79 Å². The summed E-state index contributed by atoms with van der Waals surface area (Å²) < 4.78 is 0. The third-order valence-corrected chi connectivity index (χ3v) is 5.47. The van der Waals surface area contributed by atoms with Gasteiger partial charge in [-0.15, -0.1) is 0 Å². The van der Waals surface area contributed by atoms with Gasteiger partial charge in [0.05, 0.1) is 0 Å². The summed E-state index contributed by atoms with van der Waals surface area (Å²) in [5, 5.41) is 3.86. The van der Waals surface area contributed by atoms with Crippen molar-refractivity contribution in [3.63, 3.8) is 0 Å². The van der Waals surface area contributed by atoms with Crippen LogP contribution in [0.1, 0.15) is 42.3 Å². The molecule has 21 heavy (non-hydrogen) atoms. The van der Waals surface area contributed by atoms with Gasteiger partial charge in [0.15, 0.2) is 5.13 Å². The maximum Gasteiger partial charge on any atom is 0.265 e. The molecule has 1 saturated carbocycles. The molecule has 0 spiro atoms. The Hall–Kier alpha value is -1.34. The summed E-state index contributed by atoms with van der Waals surface area (Å²) in [6.07, 6.45) is 4.29. The average molecular weight is 309 g/mol. The highest BCUT2D eigenvalue weighted by molar-refractivity contribution is 7.18. The number of aromatic nitrogens is 1. The van der Waals surface area contributed by atoms with Crippen LogP contribution < -0.4 is 21.7 Å². The van der Waals surface area contributed by atoms with Crippen LogP contribution in [0.15, 0.2) is 0 Å². The minimum absolute atomic E-state index is 0.0847. The zero-order chi connectivity index (χ0) is 15.0. The van der Waals surface area contributed by atoms with Crippen LogP contribution in [0.25, 0.3) is 0 Å². The second-order valence-corrected chi connectivity index (χ2v) is 7.02. The Labute approximate surface area is 128 Å². The number of nitrogens with zero attached hydrogens (tertiary/aromatic N) is 2. The number of anilines is 2. The van der Waals surface area contributed by atoms with E-state index in [1.54, 1.807) is 0 Å². The maximum absolute atomic E-state index is 12.3. The molecule has 1 amide bonds. The molecule has 2 aliphatic rings. The first-order valence-electron chi connectivity index (χ1n) is 7.66. The van der Waals surface area contributed by atoms with Crippen molar-refractivity contribution in [2.24, 2.45) is 11.7 Å². The molecule has 3 unspecified atom stereocenters. The first-order valence-corrected chi connectivity index (χ1v) is 8.47. The van der Waals surface area contributed by atoms with Crippen LogP contribution in [0.2, 0.25) is 0 Å². The molecule has 1 aromatic rings. The molecule has 5 N–H and O–H groups in total. The normalized spacial score (nSPS) is 28.5. The molecular weight excluding hydrogens is 286 g/mol. The van der Waals surface area contributed by atoms with E-state index >= 15 is 0 Å². The number of thiazole rings is 1. The lowest BCUT2D eigenvalue weighted by Gasteiger charge is -2.30. The topological polar surface area (TPSA) is 97.3 Å². The van der Waals surface area contributed by atoms with E-state index in [1.165, 1.54) is 11.3 Å². The van der Waals surface area contributed by atoms with Crippen molar-refractivity contribution in [1.82, 2.24) is 10.3 Å². The third-order valence-electron chi connectivity index (χ3n) is 4.34. The van der Waals surface area contributed by atoms with Gasteiger partial charge in [-0.1, -0.05) is 24.7 Å². The molecule has 1 aliphatic carbocycles. The molecule has 7 heteroatoms. The maximum atomic E-state index is 12.3. The summed E-state index contributed by atoms with van der Waals surface area (Å²) in [5.41, 5.74) is 11.9. The third kappa shape index (κ3) is 3.13. The summed E-state index contributed by atoms with van der Waals surface area (Å²) in [5.74, 6) is 0.876. The van der Waals surface area contributed by atoms with E-state index in [0.717, 1.165) is 43.9 Å². The van der Waals surface area contributed by atoms with E-state index in [4.69, 9.17) is 11.5 Å². The molecule has 1 aliphatic heterocycles. The van der Waals surface area contributed by atoms with E-state index < -0.39 is 0 Å². The quantitative estimate of drug-likeness (QED) is 0.776. The first kappa shape index (κ1) is 14.6. The lowest BCUT2D eigenvalue weighted by Crippen LogP contribution is -2.42. The van der Waals surface area contributed by atoms with E-state index in [9.17, 15) is 4.79 Å². The van der Waals surface area contributed by atoms with Gasteiger partial charge in [-0.2, -0.15) is 0 Å². The molecule has 0 aromatic carbocycles. The Kier molecular flexibility index (Phi) is 4.03. The number of piperidine rings is 1. The van der Waals surface area contributed by atoms with E-state index in [2.05, 4.69) is 22.1 Å². The molecule has 6 nitrogen and oxygen atoms in total. The molecule has 1 aromatic heterocycles. The Bertz CT molecular complexity index is 531. The smallest absolute Gasteiger partial charge is 0.265 e. The number of hydrogen-bond acceptors (Lipinski definition) is 6. The highest BCUT2D eigenvalue weighted by Gasteiger charge is 2.37. The standard InChI is InChI=1S/C14H23N5OS/c1-2-8-6-10(8)17-13(20)11-12(16)18-14(21-11)19-5-3-4-9(15)7-19/h8-10H,2-7,15-16H2,1H3,(H,17,20). The number of amides is 1. The number of carbonyl (C=O) groups is 1. The summed E-state index contributed by atoms with van der Waals surface area (Å²) in [6.45, 7) is 3.87. The van der Waals surface area contributed by atoms with Crippen molar-refractivity contribution in [3.05, 3.63) is 4.88 Å². The number of carbonyl (C=O) groups excluding carboxylic acids is 1. The second-order valence-electron chi connectivity index (χ2n) is 6.04. The van der Waals surface area contributed by atoms with Gasteiger partial charge in [0, 0.05) is 25.2 Å². The van der Waals surface area contributed by atoms with Crippen LogP contribution >= 0.6 is 11.3 Å². The molecule has 116 valence electrons. The fourth-order valence-electron chi connectivity index (χ4n) is 2.91. The minimum atomic E-state index is -0.0847. The molecule has 0 bridgehead atoms. The molecule has 1 saturated heterocycles. The number of nitrogen functional groups attached to an aromatic ring is 1. The predicted molar refractivity (Wildman–Crippen MR) is 85.6 cm³/mol. The Balaban J connectivity index is 1.67. The van der Waals surface area contributed by atoms with Crippen LogP contribution in [0.4, 0.5) is 10.9 Å². The van der Waals surface area contributed by atoms with Crippen LogP contribution in [0.3, 0.4) is 0 Å². The molecule has 0 radical (unpaired) electrons. The van der Waals surface area contributed by atoms with Crippen LogP contribution in [-0.2, 0) is 0 Å². The average Bonchev–Trinajstić information content (AvgIpc) is 3.09. The summed E-state index contributed by atoms with van der Waals surface area (Å²) >= 11 is 1.38. The van der Waals surface area contributed by atoms with E-state index in [1.807, 2.05) is 0 Å². The van der Waals surface area contributed by atoms with Crippen LogP contribution in [-0.4, -0.2) is 36.1 Å². The number of hydrogen-bond donors (Lipinski definition) is 3. The van der Waals surface area contributed by atoms with Crippen LogP contribution in [0.5, 0.6) is 0 Å². The monoisotopic (exact) mass is 309 g/mol. The summed E-state index contributed by atoms with van der Waals surface area (Å²) in [7, 11) is 0. The van der Waals surface area contributed by atoms with Crippen molar-refractivity contribution in [2.45, 2.75) is 44.7 Å². The van der Waals surface area contributed by atoms with Crippen molar-refractivity contribution < 1.29 is 4.79 Å². The summed E-state index contributed by atoms with van der Waals surface area (Å²) in [6, 6.07) is 0.494. The Morgan fingerprint density at radius 3 is 3.05 bits per heavy atom. The summed E-state index contributed by atoms with van der Waals surface area (Å²) in [4.78, 5) is 19.3. The lowest BCUT2D eigenvalue weighted by atomic mass is 10.1. The Morgan fingerprint density at radius 2 is 2.38 bits per heavy atom. The minimum Gasteiger partial charge on any atom is -0.382 e. The van der Waals surface area contributed by atoms with Crippen molar-refractivity contribution in [3.8, 4) is 0 Å². The first-order chi connectivity index (χ1) is 10.1. The highest BCUT2D eigenvalue weighted by Crippen LogP contribution is 2.35. The van der Waals surface area contributed by atoms with Gasteiger partial charge in [-0.05, 0) is 25.2 Å². The lowest BCUT2D eigenvalue weighted by molar-refractivity contribution is 0.0953. The van der Waals surface area contributed by atoms with Gasteiger partial charge < -0.3 is 21.7 Å². The number of nitrogens with one attached hydrogen (secondary N) is 1. The van der Waals surface area contributed by atoms with Crippen molar-refractivity contribution in [1.29, 1.82) is 0 Å². The van der Waals surface area contributed by atoms with Gasteiger partial charge in [0.25, 0.3) is 5.91 Å². The second kappa shape index (κ2) is 5.81. The van der Waals surface area contributed by atoms with Crippen molar-refractivity contribution >= 4 is 28.2 Å². The Morgan fingerprint density at radius 1 is 1.57 bits per heavy atom.